The molecule has 0 aromatic carbocycles. The molecule has 1 amide bonds. The number of carbonyl (C=O) groups is 1. The summed E-state index contributed by atoms with van der Waals surface area (Å²) in [5.74, 6) is 1.10. The van der Waals surface area contributed by atoms with E-state index < -0.39 is 0 Å². The van der Waals surface area contributed by atoms with Gasteiger partial charge in [0, 0.05) is 38.1 Å². The minimum atomic E-state index is 0.157. The summed E-state index contributed by atoms with van der Waals surface area (Å²) in [7, 11) is 0. The molecule has 2 rings (SSSR count). The van der Waals surface area contributed by atoms with Crippen molar-refractivity contribution in [2.75, 3.05) is 19.6 Å². The van der Waals surface area contributed by atoms with Gasteiger partial charge in [0.15, 0.2) is 0 Å². The standard InChI is InChI=1S/C15H29N3O/c1-12-5-6-13(9-12)17-14(11-16)10-15(19)18-7-3-2-4-8-18/h12-14,17H,2-11,16H2,1H3. The van der Waals surface area contributed by atoms with Gasteiger partial charge in [-0.15, -0.1) is 0 Å². The van der Waals surface area contributed by atoms with E-state index in [1.807, 2.05) is 4.90 Å². The van der Waals surface area contributed by atoms with Crippen molar-refractivity contribution in [1.82, 2.24) is 10.2 Å². The fraction of sp³-hybridized carbons (Fsp3) is 0.933. The molecule has 0 aromatic heterocycles. The van der Waals surface area contributed by atoms with Gasteiger partial charge < -0.3 is 16.0 Å². The quantitative estimate of drug-likeness (QED) is 0.793. The van der Waals surface area contributed by atoms with Gasteiger partial charge >= 0.3 is 0 Å². The average molecular weight is 267 g/mol. The van der Waals surface area contributed by atoms with Gasteiger partial charge in [-0.25, -0.2) is 0 Å². The third kappa shape index (κ3) is 4.46. The molecule has 0 bridgehead atoms. The van der Waals surface area contributed by atoms with Crippen LogP contribution in [0.15, 0.2) is 0 Å². The highest BCUT2D eigenvalue weighted by Gasteiger charge is 2.25. The van der Waals surface area contributed by atoms with Gasteiger partial charge in [0.25, 0.3) is 0 Å². The normalized spacial score (nSPS) is 29.5. The minimum absolute atomic E-state index is 0.157. The van der Waals surface area contributed by atoms with Crippen LogP contribution >= 0.6 is 0 Å². The number of amides is 1. The van der Waals surface area contributed by atoms with Crippen LogP contribution in [0.2, 0.25) is 0 Å². The average Bonchev–Trinajstić information content (AvgIpc) is 2.84. The summed E-state index contributed by atoms with van der Waals surface area (Å²) in [4.78, 5) is 14.3. The molecule has 3 atom stereocenters. The summed E-state index contributed by atoms with van der Waals surface area (Å²) in [6.45, 7) is 4.75. The zero-order valence-corrected chi connectivity index (χ0v) is 12.2. The van der Waals surface area contributed by atoms with Crippen molar-refractivity contribution in [3.63, 3.8) is 0 Å². The predicted octanol–water partition coefficient (Wildman–Crippen LogP) is 1.49. The van der Waals surface area contributed by atoms with Gasteiger partial charge in [0.05, 0.1) is 0 Å². The lowest BCUT2D eigenvalue weighted by atomic mass is 10.1. The van der Waals surface area contributed by atoms with E-state index in [2.05, 4.69) is 12.2 Å². The van der Waals surface area contributed by atoms with Crippen molar-refractivity contribution in [2.24, 2.45) is 11.7 Å². The first-order chi connectivity index (χ1) is 9.19. The summed E-state index contributed by atoms with van der Waals surface area (Å²) in [5.41, 5.74) is 5.83. The molecule has 3 unspecified atom stereocenters. The van der Waals surface area contributed by atoms with E-state index in [9.17, 15) is 4.79 Å². The second-order valence-electron chi connectivity index (χ2n) is 6.36. The van der Waals surface area contributed by atoms with Gasteiger partial charge in [0.1, 0.15) is 0 Å². The van der Waals surface area contributed by atoms with E-state index >= 15 is 0 Å². The van der Waals surface area contributed by atoms with Crippen LogP contribution in [0.5, 0.6) is 0 Å². The molecule has 110 valence electrons. The number of carbonyl (C=O) groups excluding carboxylic acids is 1. The minimum Gasteiger partial charge on any atom is -0.343 e. The summed E-state index contributed by atoms with van der Waals surface area (Å²) < 4.78 is 0. The fourth-order valence-corrected chi connectivity index (χ4v) is 3.39. The zero-order valence-electron chi connectivity index (χ0n) is 12.2. The Kier molecular flexibility index (Phi) is 5.64. The van der Waals surface area contributed by atoms with E-state index in [1.165, 1.54) is 25.7 Å². The predicted molar refractivity (Wildman–Crippen MR) is 77.8 cm³/mol. The van der Waals surface area contributed by atoms with Gasteiger partial charge in [-0.05, 0) is 44.4 Å². The first-order valence-electron chi connectivity index (χ1n) is 7.93. The van der Waals surface area contributed by atoms with Crippen molar-refractivity contribution in [3.05, 3.63) is 0 Å². The number of nitrogens with two attached hydrogens (primary N) is 1. The Morgan fingerprint density at radius 1 is 1.32 bits per heavy atom. The molecule has 3 N–H and O–H groups in total. The van der Waals surface area contributed by atoms with E-state index in [4.69, 9.17) is 5.73 Å². The summed E-state index contributed by atoms with van der Waals surface area (Å²) in [6.07, 6.45) is 7.92. The second-order valence-corrected chi connectivity index (χ2v) is 6.36. The number of hydrogen-bond donors (Lipinski definition) is 2. The monoisotopic (exact) mass is 267 g/mol. The van der Waals surface area contributed by atoms with Gasteiger partial charge in [0.2, 0.25) is 5.91 Å². The third-order valence-corrected chi connectivity index (χ3v) is 4.58. The first-order valence-corrected chi connectivity index (χ1v) is 7.93. The lowest BCUT2D eigenvalue weighted by molar-refractivity contribution is -0.132. The SMILES string of the molecule is CC1CCC(NC(CN)CC(=O)N2CCCCC2)C1. The number of rotatable bonds is 5. The number of likely N-dealkylation sites (tertiary alicyclic amines) is 1. The van der Waals surface area contributed by atoms with Crippen LogP contribution in [0.1, 0.15) is 51.9 Å². The molecule has 1 aliphatic carbocycles. The highest BCUT2D eigenvalue weighted by molar-refractivity contribution is 5.76. The highest BCUT2D eigenvalue weighted by Crippen LogP contribution is 2.25. The van der Waals surface area contributed by atoms with Crippen LogP contribution in [-0.4, -0.2) is 42.5 Å². The molecule has 19 heavy (non-hydrogen) atoms. The summed E-state index contributed by atoms with van der Waals surface area (Å²) in [5, 5.41) is 3.59. The second kappa shape index (κ2) is 7.25. The Bertz CT molecular complexity index is 289. The fourth-order valence-electron chi connectivity index (χ4n) is 3.39. The summed E-state index contributed by atoms with van der Waals surface area (Å²) >= 11 is 0. The van der Waals surface area contributed by atoms with Gasteiger partial charge in [-0.2, -0.15) is 0 Å². The number of nitrogens with zero attached hydrogens (tertiary/aromatic N) is 1. The molecule has 4 nitrogen and oxygen atoms in total. The van der Waals surface area contributed by atoms with Crippen LogP contribution in [-0.2, 0) is 4.79 Å². The molecule has 0 spiro atoms. The number of piperidine rings is 1. The van der Waals surface area contributed by atoms with Crippen molar-refractivity contribution < 1.29 is 4.79 Å². The topological polar surface area (TPSA) is 58.4 Å². The summed E-state index contributed by atoms with van der Waals surface area (Å²) in [6, 6.07) is 0.724. The van der Waals surface area contributed by atoms with Crippen LogP contribution in [0, 0.1) is 5.92 Å². The maximum Gasteiger partial charge on any atom is 0.224 e. The highest BCUT2D eigenvalue weighted by atomic mass is 16.2. The van der Waals surface area contributed by atoms with E-state index in [0.717, 1.165) is 31.8 Å². The number of nitrogens with one attached hydrogen (secondary N) is 1. The molecule has 4 heteroatoms. The molecule has 0 aromatic rings. The van der Waals surface area contributed by atoms with E-state index in [-0.39, 0.29) is 11.9 Å². The Hall–Kier alpha value is -0.610. The Morgan fingerprint density at radius 2 is 2.05 bits per heavy atom. The first kappa shape index (κ1) is 14.8. The van der Waals surface area contributed by atoms with Crippen molar-refractivity contribution in [3.8, 4) is 0 Å². The molecule has 2 aliphatic rings. The molecule has 2 fully saturated rings. The maximum absolute atomic E-state index is 12.2. The Morgan fingerprint density at radius 3 is 2.63 bits per heavy atom. The van der Waals surface area contributed by atoms with Crippen LogP contribution in [0.4, 0.5) is 0 Å². The molecule has 1 heterocycles. The Balaban J connectivity index is 1.76. The zero-order chi connectivity index (χ0) is 13.7. The Labute approximate surface area is 117 Å². The maximum atomic E-state index is 12.2. The lowest BCUT2D eigenvalue weighted by Crippen LogP contribution is -2.46. The lowest BCUT2D eigenvalue weighted by Gasteiger charge is -2.29. The largest absolute Gasteiger partial charge is 0.343 e. The van der Waals surface area contributed by atoms with Crippen molar-refractivity contribution in [2.45, 2.75) is 64.0 Å². The smallest absolute Gasteiger partial charge is 0.224 e. The molecule has 0 radical (unpaired) electrons. The van der Waals surface area contributed by atoms with Crippen LogP contribution in [0.3, 0.4) is 0 Å². The third-order valence-electron chi connectivity index (χ3n) is 4.58. The molecule has 1 aliphatic heterocycles. The van der Waals surface area contributed by atoms with E-state index in [0.29, 0.717) is 19.0 Å². The van der Waals surface area contributed by atoms with Gasteiger partial charge in [-0.3, -0.25) is 4.79 Å². The van der Waals surface area contributed by atoms with Crippen LogP contribution in [0.25, 0.3) is 0 Å². The number of hydrogen-bond acceptors (Lipinski definition) is 3. The van der Waals surface area contributed by atoms with E-state index in [1.54, 1.807) is 0 Å². The molecule has 1 saturated carbocycles. The van der Waals surface area contributed by atoms with Crippen molar-refractivity contribution >= 4 is 5.91 Å². The van der Waals surface area contributed by atoms with Crippen LogP contribution < -0.4 is 11.1 Å². The molecule has 1 saturated heterocycles. The van der Waals surface area contributed by atoms with Gasteiger partial charge in [-0.1, -0.05) is 6.92 Å². The van der Waals surface area contributed by atoms with Crippen molar-refractivity contribution in [1.29, 1.82) is 0 Å². The molecular formula is C15H29N3O. The molecular weight excluding hydrogens is 238 g/mol.